The molecule has 6 heteroatoms. The van der Waals surface area contributed by atoms with Crippen molar-refractivity contribution in [3.63, 3.8) is 0 Å². The standard InChI is InChI=1S/C17H18N2O3S/c1-12-16(18-19(2)17(12)20)13-8-10-15(11-9-13)23(21,22)14-6-4-3-5-7-14/h3-12,17,20H,1-2H3. The van der Waals surface area contributed by atoms with Gasteiger partial charge in [0.2, 0.25) is 9.84 Å². The number of rotatable bonds is 3. The van der Waals surface area contributed by atoms with Crippen molar-refractivity contribution < 1.29 is 13.5 Å². The van der Waals surface area contributed by atoms with Gasteiger partial charge in [-0.2, -0.15) is 5.10 Å². The van der Waals surface area contributed by atoms with Gasteiger partial charge in [-0.1, -0.05) is 37.3 Å². The van der Waals surface area contributed by atoms with Crippen LogP contribution in [0.5, 0.6) is 0 Å². The summed E-state index contributed by atoms with van der Waals surface area (Å²) in [5, 5.41) is 15.8. The second kappa shape index (κ2) is 5.79. The minimum absolute atomic E-state index is 0.128. The van der Waals surface area contributed by atoms with Crippen molar-refractivity contribution in [2.45, 2.75) is 22.9 Å². The summed E-state index contributed by atoms with van der Waals surface area (Å²) in [5.74, 6) is -0.128. The maximum atomic E-state index is 12.6. The molecule has 0 saturated carbocycles. The number of nitrogens with zero attached hydrogens (tertiary/aromatic N) is 2. The predicted molar refractivity (Wildman–Crippen MR) is 87.8 cm³/mol. The lowest BCUT2D eigenvalue weighted by Crippen LogP contribution is -2.28. The molecular formula is C17H18N2O3S. The Hall–Kier alpha value is -2.18. The van der Waals surface area contributed by atoms with Gasteiger partial charge in [-0.05, 0) is 29.8 Å². The Labute approximate surface area is 135 Å². The SMILES string of the molecule is CC1C(c2ccc(S(=O)(=O)c3ccccc3)cc2)=NN(C)C1O. The molecule has 0 spiro atoms. The third kappa shape index (κ3) is 2.75. The lowest BCUT2D eigenvalue weighted by molar-refractivity contribution is 0.0194. The van der Waals surface area contributed by atoms with E-state index in [1.54, 1.807) is 61.6 Å². The number of hydrogen-bond donors (Lipinski definition) is 1. The number of aliphatic hydroxyl groups excluding tert-OH is 1. The molecule has 2 atom stereocenters. The Kier molecular flexibility index (Phi) is 3.95. The van der Waals surface area contributed by atoms with Crippen LogP contribution in [0.3, 0.4) is 0 Å². The van der Waals surface area contributed by atoms with Gasteiger partial charge in [0, 0.05) is 13.0 Å². The first-order chi connectivity index (χ1) is 10.9. The molecule has 1 heterocycles. The molecule has 1 aliphatic rings. The van der Waals surface area contributed by atoms with Crippen LogP contribution in [0, 0.1) is 5.92 Å². The van der Waals surface area contributed by atoms with Crippen LogP contribution in [0.2, 0.25) is 0 Å². The van der Waals surface area contributed by atoms with Gasteiger partial charge < -0.3 is 5.11 Å². The summed E-state index contributed by atoms with van der Waals surface area (Å²) in [6, 6.07) is 15.0. The molecule has 5 nitrogen and oxygen atoms in total. The molecule has 120 valence electrons. The minimum Gasteiger partial charge on any atom is -0.371 e. The number of benzene rings is 2. The van der Waals surface area contributed by atoms with Crippen molar-refractivity contribution in [3.05, 3.63) is 60.2 Å². The fourth-order valence-corrected chi connectivity index (χ4v) is 3.93. The first kappa shape index (κ1) is 15.7. The van der Waals surface area contributed by atoms with Gasteiger partial charge >= 0.3 is 0 Å². The van der Waals surface area contributed by atoms with E-state index in [-0.39, 0.29) is 15.7 Å². The molecule has 0 saturated heterocycles. The molecule has 0 radical (unpaired) electrons. The Morgan fingerprint density at radius 2 is 1.57 bits per heavy atom. The number of aliphatic hydroxyl groups is 1. The van der Waals surface area contributed by atoms with E-state index in [2.05, 4.69) is 5.10 Å². The first-order valence-corrected chi connectivity index (χ1v) is 8.79. The van der Waals surface area contributed by atoms with E-state index < -0.39 is 16.1 Å². The van der Waals surface area contributed by atoms with Crippen molar-refractivity contribution in [3.8, 4) is 0 Å². The molecule has 2 unspecified atom stereocenters. The van der Waals surface area contributed by atoms with Crippen molar-refractivity contribution in [2.24, 2.45) is 11.0 Å². The van der Waals surface area contributed by atoms with E-state index >= 15 is 0 Å². The first-order valence-electron chi connectivity index (χ1n) is 7.31. The summed E-state index contributed by atoms with van der Waals surface area (Å²) < 4.78 is 25.1. The molecule has 0 aliphatic carbocycles. The Balaban J connectivity index is 1.93. The molecule has 0 aromatic heterocycles. The number of hydrazone groups is 1. The molecule has 3 rings (SSSR count). The summed E-state index contributed by atoms with van der Waals surface area (Å²) in [5.41, 5.74) is 1.57. The molecule has 0 fully saturated rings. The molecular weight excluding hydrogens is 312 g/mol. The second-order valence-corrected chi connectivity index (χ2v) is 7.55. The largest absolute Gasteiger partial charge is 0.371 e. The average molecular weight is 330 g/mol. The van der Waals surface area contributed by atoms with Crippen LogP contribution in [-0.4, -0.2) is 37.5 Å². The van der Waals surface area contributed by atoms with Crippen LogP contribution in [0.1, 0.15) is 12.5 Å². The Morgan fingerprint density at radius 1 is 1.00 bits per heavy atom. The van der Waals surface area contributed by atoms with Gasteiger partial charge in [0.1, 0.15) is 6.23 Å². The van der Waals surface area contributed by atoms with Crippen LogP contribution in [0.4, 0.5) is 0 Å². The highest BCUT2D eigenvalue weighted by Gasteiger charge is 2.31. The molecule has 2 aromatic rings. The zero-order valence-corrected chi connectivity index (χ0v) is 13.7. The third-order valence-corrected chi connectivity index (χ3v) is 5.83. The van der Waals surface area contributed by atoms with Gasteiger partial charge in [0.25, 0.3) is 0 Å². The molecule has 0 amide bonds. The molecule has 2 aromatic carbocycles. The van der Waals surface area contributed by atoms with Crippen molar-refractivity contribution in [2.75, 3.05) is 7.05 Å². The predicted octanol–water partition coefficient (Wildman–Crippen LogP) is 2.12. The average Bonchev–Trinajstić information content (AvgIpc) is 2.83. The highest BCUT2D eigenvalue weighted by atomic mass is 32.2. The maximum absolute atomic E-state index is 12.6. The number of hydrogen-bond acceptors (Lipinski definition) is 5. The van der Waals surface area contributed by atoms with Crippen molar-refractivity contribution >= 4 is 15.5 Å². The van der Waals surface area contributed by atoms with Crippen molar-refractivity contribution in [1.29, 1.82) is 0 Å². The van der Waals surface area contributed by atoms with Gasteiger partial charge in [0.15, 0.2) is 0 Å². The fraction of sp³-hybridized carbons (Fsp3) is 0.235. The van der Waals surface area contributed by atoms with Crippen LogP contribution < -0.4 is 0 Å². The van der Waals surface area contributed by atoms with Gasteiger partial charge in [-0.15, -0.1) is 0 Å². The molecule has 0 bridgehead atoms. The van der Waals surface area contributed by atoms with Crippen LogP contribution in [0.15, 0.2) is 69.5 Å². The zero-order chi connectivity index (χ0) is 16.6. The van der Waals surface area contributed by atoms with E-state index in [0.717, 1.165) is 11.3 Å². The monoisotopic (exact) mass is 330 g/mol. The zero-order valence-electron chi connectivity index (χ0n) is 12.9. The molecule has 1 N–H and O–H groups in total. The Morgan fingerprint density at radius 3 is 2.09 bits per heavy atom. The van der Waals surface area contributed by atoms with E-state index in [1.165, 1.54) is 5.01 Å². The fourth-order valence-electron chi connectivity index (χ4n) is 2.65. The summed E-state index contributed by atoms with van der Waals surface area (Å²) in [4.78, 5) is 0.516. The topological polar surface area (TPSA) is 70.0 Å². The van der Waals surface area contributed by atoms with E-state index in [9.17, 15) is 13.5 Å². The maximum Gasteiger partial charge on any atom is 0.206 e. The van der Waals surface area contributed by atoms with Crippen LogP contribution >= 0.6 is 0 Å². The summed E-state index contributed by atoms with van der Waals surface area (Å²) in [7, 11) is -1.80. The van der Waals surface area contributed by atoms with E-state index in [4.69, 9.17) is 0 Å². The summed E-state index contributed by atoms with van der Waals surface area (Å²) in [6.45, 7) is 1.89. The highest BCUT2D eigenvalue weighted by Crippen LogP contribution is 2.25. The summed E-state index contributed by atoms with van der Waals surface area (Å²) in [6.07, 6.45) is -0.655. The van der Waals surface area contributed by atoms with Crippen molar-refractivity contribution in [1.82, 2.24) is 5.01 Å². The minimum atomic E-state index is -3.51. The lowest BCUT2D eigenvalue weighted by atomic mass is 9.98. The second-order valence-electron chi connectivity index (χ2n) is 5.60. The third-order valence-electron chi connectivity index (χ3n) is 4.04. The van der Waals surface area contributed by atoms with Gasteiger partial charge in [-0.25, -0.2) is 8.42 Å². The highest BCUT2D eigenvalue weighted by molar-refractivity contribution is 7.91. The molecule has 1 aliphatic heterocycles. The lowest BCUT2D eigenvalue weighted by Gasteiger charge is -2.15. The Bertz CT molecular complexity index is 830. The van der Waals surface area contributed by atoms with Crippen LogP contribution in [-0.2, 0) is 9.84 Å². The molecule has 23 heavy (non-hydrogen) atoms. The van der Waals surface area contributed by atoms with Crippen LogP contribution in [0.25, 0.3) is 0 Å². The smallest absolute Gasteiger partial charge is 0.206 e. The van der Waals surface area contributed by atoms with Gasteiger partial charge in [-0.3, -0.25) is 5.01 Å². The van der Waals surface area contributed by atoms with E-state index in [1.807, 2.05) is 6.92 Å². The van der Waals surface area contributed by atoms with E-state index in [0.29, 0.717) is 0 Å². The number of sulfone groups is 1. The normalized spacial score (nSPS) is 21.3. The summed E-state index contributed by atoms with van der Waals surface area (Å²) >= 11 is 0. The quantitative estimate of drug-likeness (QED) is 0.936. The van der Waals surface area contributed by atoms with Gasteiger partial charge in [0.05, 0.1) is 15.5 Å².